The quantitative estimate of drug-likeness (QED) is 0.608. The summed E-state index contributed by atoms with van der Waals surface area (Å²) in [7, 11) is 0. The van der Waals surface area contributed by atoms with Crippen molar-refractivity contribution in [3.05, 3.63) is 51.8 Å². The molecule has 0 amide bonds. The van der Waals surface area contributed by atoms with Crippen LogP contribution in [0.4, 0.5) is 0 Å². The Morgan fingerprint density at radius 2 is 1.75 bits per heavy atom. The molecule has 128 valence electrons. The number of aliphatic hydroxyl groups is 1. The van der Waals surface area contributed by atoms with Crippen molar-refractivity contribution < 1.29 is 14.6 Å². The molecular formula is C21H26O3. The van der Waals surface area contributed by atoms with Gasteiger partial charge >= 0.3 is 5.97 Å². The van der Waals surface area contributed by atoms with E-state index in [9.17, 15) is 9.90 Å². The summed E-state index contributed by atoms with van der Waals surface area (Å²) in [5.41, 5.74) is 4.28. The summed E-state index contributed by atoms with van der Waals surface area (Å²) < 4.78 is 5.73. The van der Waals surface area contributed by atoms with Crippen LogP contribution in [-0.4, -0.2) is 16.7 Å². The molecule has 0 fully saturated rings. The maximum Gasteiger partial charge on any atom is 0.343 e. The van der Waals surface area contributed by atoms with Gasteiger partial charge in [-0.2, -0.15) is 0 Å². The van der Waals surface area contributed by atoms with Crippen molar-refractivity contribution >= 4 is 11.5 Å². The second-order valence-corrected chi connectivity index (χ2v) is 7.25. The molecule has 0 saturated carbocycles. The number of carbonyl (C=O) groups excluding carboxylic acids is 1. The highest BCUT2D eigenvalue weighted by molar-refractivity contribution is 6.20. The smallest absolute Gasteiger partial charge is 0.343 e. The van der Waals surface area contributed by atoms with E-state index in [1.165, 1.54) is 6.42 Å². The van der Waals surface area contributed by atoms with Crippen molar-refractivity contribution in [1.29, 1.82) is 0 Å². The minimum atomic E-state index is -1.01. The number of carbonyl (C=O) groups is 1. The van der Waals surface area contributed by atoms with Crippen molar-refractivity contribution in [2.75, 3.05) is 0 Å². The summed E-state index contributed by atoms with van der Waals surface area (Å²) >= 11 is 0. The van der Waals surface area contributed by atoms with Gasteiger partial charge in [0.1, 0.15) is 5.57 Å². The molecule has 24 heavy (non-hydrogen) atoms. The first-order valence-electron chi connectivity index (χ1n) is 8.79. The average Bonchev–Trinajstić information content (AvgIpc) is 2.72. The Kier molecular flexibility index (Phi) is 4.29. The van der Waals surface area contributed by atoms with Crippen molar-refractivity contribution in [3.63, 3.8) is 0 Å². The van der Waals surface area contributed by atoms with Crippen LogP contribution in [-0.2, 0) is 9.53 Å². The summed E-state index contributed by atoms with van der Waals surface area (Å²) in [4.78, 5) is 12.7. The molecule has 1 atom stereocenters. The van der Waals surface area contributed by atoms with Gasteiger partial charge in [0.15, 0.2) is 11.4 Å². The molecule has 0 saturated heterocycles. The van der Waals surface area contributed by atoms with Crippen LogP contribution < -0.4 is 0 Å². The number of hydrogen-bond donors (Lipinski definition) is 1. The van der Waals surface area contributed by atoms with Crippen LogP contribution in [0.3, 0.4) is 0 Å². The van der Waals surface area contributed by atoms with Gasteiger partial charge in [-0.05, 0) is 75.6 Å². The average molecular weight is 326 g/mol. The topological polar surface area (TPSA) is 46.5 Å². The number of ether oxygens (including phenoxy) is 1. The molecule has 3 heteroatoms. The summed E-state index contributed by atoms with van der Waals surface area (Å²) in [6.45, 7) is 7.81. The van der Waals surface area contributed by atoms with Crippen LogP contribution in [0, 0.1) is 20.8 Å². The molecule has 1 heterocycles. The number of hydrogen-bond acceptors (Lipinski definition) is 3. The second-order valence-electron chi connectivity index (χ2n) is 7.25. The fraction of sp³-hybridized carbons (Fsp3) is 0.476. The lowest BCUT2D eigenvalue weighted by molar-refractivity contribution is -0.142. The molecule has 0 aromatic heterocycles. The third-order valence-corrected chi connectivity index (χ3v) is 5.27. The molecule has 1 aromatic carbocycles. The zero-order valence-corrected chi connectivity index (χ0v) is 15.0. The molecule has 1 aliphatic heterocycles. The van der Waals surface area contributed by atoms with E-state index in [4.69, 9.17) is 4.74 Å². The van der Waals surface area contributed by atoms with Gasteiger partial charge in [0.25, 0.3) is 0 Å². The first kappa shape index (κ1) is 16.8. The van der Waals surface area contributed by atoms with E-state index in [1.54, 1.807) is 0 Å². The Hall–Kier alpha value is -2.03. The first-order chi connectivity index (χ1) is 11.3. The van der Waals surface area contributed by atoms with Crippen molar-refractivity contribution in [3.8, 4) is 0 Å². The van der Waals surface area contributed by atoms with E-state index in [0.717, 1.165) is 53.5 Å². The van der Waals surface area contributed by atoms with Crippen molar-refractivity contribution in [2.45, 2.75) is 65.4 Å². The lowest BCUT2D eigenvalue weighted by Gasteiger charge is -2.26. The summed E-state index contributed by atoms with van der Waals surface area (Å²) in [6.07, 6.45) is 7.40. The molecule has 1 aliphatic carbocycles. The fourth-order valence-corrected chi connectivity index (χ4v) is 4.08. The number of aliphatic hydroxyl groups excluding tert-OH is 1. The maximum absolute atomic E-state index is 12.7. The van der Waals surface area contributed by atoms with Gasteiger partial charge in [-0.25, -0.2) is 4.79 Å². The number of rotatable bonds is 2. The van der Waals surface area contributed by atoms with Crippen LogP contribution in [0.25, 0.3) is 5.57 Å². The molecule has 2 aliphatic rings. The van der Waals surface area contributed by atoms with Gasteiger partial charge in [0.05, 0.1) is 0 Å². The van der Waals surface area contributed by atoms with E-state index >= 15 is 0 Å². The molecule has 0 spiro atoms. The van der Waals surface area contributed by atoms with E-state index in [2.05, 4.69) is 6.08 Å². The first-order valence-corrected chi connectivity index (χ1v) is 8.79. The fourth-order valence-electron chi connectivity index (χ4n) is 4.08. The molecule has 3 nitrogen and oxygen atoms in total. The Morgan fingerprint density at radius 1 is 1.08 bits per heavy atom. The van der Waals surface area contributed by atoms with Gasteiger partial charge in [-0.3, -0.25) is 0 Å². The monoisotopic (exact) mass is 326 g/mol. The molecular weight excluding hydrogens is 300 g/mol. The Bertz CT molecular complexity index is 731. The molecule has 3 rings (SSSR count). The zero-order valence-electron chi connectivity index (χ0n) is 15.0. The standard InChI is InChI=1S/C21H26O3/c1-13-11-14(2)17(15(3)12-13)18-19(22)21(4,24-20(18)23)16-9-7-5-6-8-10-16/h9,11-12,22H,5-8,10H2,1-4H3. The van der Waals surface area contributed by atoms with Crippen LogP contribution in [0.1, 0.15) is 61.3 Å². The van der Waals surface area contributed by atoms with Gasteiger partial charge in [-0.1, -0.05) is 30.2 Å². The third kappa shape index (κ3) is 2.66. The highest BCUT2D eigenvalue weighted by atomic mass is 16.6. The Labute approximate surface area is 144 Å². The normalized spacial score (nSPS) is 24.7. The molecule has 0 bridgehead atoms. The van der Waals surface area contributed by atoms with Crippen LogP contribution in [0.2, 0.25) is 0 Å². The Morgan fingerprint density at radius 3 is 2.42 bits per heavy atom. The van der Waals surface area contributed by atoms with E-state index < -0.39 is 11.6 Å². The molecule has 1 unspecified atom stereocenters. The SMILES string of the molecule is Cc1cc(C)c(C2=C(O)C(C)(C3=CCCCCC3)OC2=O)c(C)c1. The molecule has 1 N–H and O–H groups in total. The zero-order chi connectivity index (χ0) is 17.5. The summed E-state index contributed by atoms with van der Waals surface area (Å²) in [5.74, 6) is -0.356. The van der Waals surface area contributed by atoms with Gasteiger partial charge in [-0.15, -0.1) is 0 Å². The summed E-state index contributed by atoms with van der Waals surface area (Å²) in [6, 6.07) is 4.08. The van der Waals surface area contributed by atoms with Crippen LogP contribution in [0.5, 0.6) is 0 Å². The molecule has 0 radical (unpaired) electrons. The lowest BCUT2D eigenvalue weighted by Crippen LogP contribution is -2.30. The van der Waals surface area contributed by atoms with Gasteiger partial charge in [0, 0.05) is 0 Å². The second kappa shape index (κ2) is 6.12. The summed E-state index contributed by atoms with van der Waals surface area (Å²) in [5, 5.41) is 11.0. The van der Waals surface area contributed by atoms with Crippen LogP contribution in [0.15, 0.2) is 29.5 Å². The lowest BCUT2D eigenvalue weighted by atomic mass is 9.86. The van der Waals surface area contributed by atoms with Crippen LogP contribution >= 0.6 is 0 Å². The van der Waals surface area contributed by atoms with Crippen molar-refractivity contribution in [1.82, 2.24) is 0 Å². The number of aryl methyl sites for hydroxylation is 3. The van der Waals surface area contributed by atoms with Gasteiger partial charge < -0.3 is 9.84 Å². The Balaban J connectivity index is 2.13. The predicted octanol–water partition coefficient (Wildman–Crippen LogP) is 5.09. The van der Waals surface area contributed by atoms with Crippen molar-refractivity contribution in [2.24, 2.45) is 0 Å². The number of esters is 1. The van der Waals surface area contributed by atoms with E-state index in [0.29, 0.717) is 5.57 Å². The largest absolute Gasteiger partial charge is 0.507 e. The number of cyclic esters (lactones) is 1. The minimum Gasteiger partial charge on any atom is -0.507 e. The maximum atomic E-state index is 12.7. The molecule has 1 aromatic rings. The minimum absolute atomic E-state index is 0.0655. The number of allylic oxidation sites excluding steroid dienone is 1. The van der Waals surface area contributed by atoms with Gasteiger partial charge in [0.2, 0.25) is 0 Å². The van der Waals surface area contributed by atoms with E-state index in [1.807, 2.05) is 39.8 Å². The van der Waals surface area contributed by atoms with E-state index in [-0.39, 0.29) is 5.76 Å². The third-order valence-electron chi connectivity index (χ3n) is 5.27. The number of benzene rings is 1. The predicted molar refractivity (Wildman–Crippen MR) is 95.9 cm³/mol. The highest BCUT2D eigenvalue weighted by Gasteiger charge is 2.48. The highest BCUT2D eigenvalue weighted by Crippen LogP contribution is 2.44.